The van der Waals surface area contributed by atoms with E-state index in [1.165, 1.54) is 6.07 Å². The molecule has 118 valence electrons. The van der Waals surface area contributed by atoms with E-state index in [0.29, 0.717) is 5.56 Å². The van der Waals surface area contributed by atoms with E-state index in [1.54, 1.807) is 13.8 Å². The Hall–Kier alpha value is -2.00. The second-order valence-corrected chi connectivity index (χ2v) is 5.91. The highest BCUT2D eigenvalue weighted by Gasteiger charge is 2.42. The number of nitrogens with one attached hydrogen (secondary N) is 2. The summed E-state index contributed by atoms with van der Waals surface area (Å²) in [6.45, 7) is 3.48. The number of hydrogen-bond acceptors (Lipinski definition) is 3. The lowest BCUT2D eigenvalue weighted by molar-refractivity contribution is -0.121. The van der Waals surface area contributed by atoms with Gasteiger partial charge in [-0.1, -0.05) is 6.07 Å². The van der Waals surface area contributed by atoms with Gasteiger partial charge in [0.25, 0.3) is 0 Å². The minimum atomic E-state index is -0.915. The van der Waals surface area contributed by atoms with Crippen LogP contribution in [0.4, 0.5) is 8.78 Å². The fraction of sp³-hybridized carbons (Fsp3) is 0.500. The SMILES string of the molecule is C[C@@H](NCC(=O)N[C@@](C)(C#N)C1CC1)c1ccc(F)c(F)c1. The number of nitrogens with zero attached hydrogens (tertiary/aromatic N) is 1. The van der Waals surface area contributed by atoms with Crippen LogP contribution in [0.25, 0.3) is 0 Å². The van der Waals surface area contributed by atoms with Gasteiger partial charge in [-0.25, -0.2) is 8.78 Å². The lowest BCUT2D eigenvalue weighted by atomic mass is 9.98. The number of carbonyl (C=O) groups is 1. The van der Waals surface area contributed by atoms with E-state index >= 15 is 0 Å². The number of carbonyl (C=O) groups excluding carboxylic acids is 1. The number of halogens is 2. The highest BCUT2D eigenvalue weighted by molar-refractivity contribution is 5.79. The first-order valence-electron chi connectivity index (χ1n) is 7.26. The molecule has 1 aliphatic rings. The maximum Gasteiger partial charge on any atom is 0.235 e. The highest BCUT2D eigenvalue weighted by Crippen LogP contribution is 2.39. The zero-order valence-corrected chi connectivity index (χ0v) is 12.6. The predicted molar refractivity (Wildman–Crippen MR) is 77.7 cm³/mol. The van der Waals surface area contributed by atoms with Gasteiger partial charge in [0.05, 0.1) is 12.6 Å². The summed E-state index contributed by atoms with van der Waals surface area (Å²) in [6.07, 6.45) is 1.89. The average Bonchev–Trinajstić information content (AvgIpc) is 3.32. The molecule has 1 aromatic carbocycles. The molecule has 1 aliphatic carbocycles. The lowest BCUT2D eigenvalue weighted by Crippen LogP contribution is -2.49. The number of hydrogen-bond donors (Lipinski definition) is 2. The summed E-state index contributed by atoms with van der Waals surface area (Å²) in [7, 11) is 0. The molecule has 0 unspecified atom stereocenters. The molecular formula is C16H19F2N3O. The van der Waals surface area contributed by atoms with Crippen LogP contribution < -0.4 is 10.6 Å². The molecule has 1 saturated carbocycles. The van der Waals surface area contributed by atoms with E-state index in [0.717, 1.165) is 25.0 Å². The Morgan fingerprint density at radius 2 is 2.14 bits per heavy atom. The van der Waals surface area contributed by atoms with Crippen molar-refractivity contribution >= 4 is 5.91 Å². The van der Waals surface area contributed by atoms with E-state index in [9.17, 15) is 18.8 Å². The van der Waals surface area contributed by atoms with Crippen molar-refractivity contribution in [2.75, 3.05) is 6.54 Å². The molecule has 2 rings (SSSR count). The van der Waals surface area contributed by atoms with Crippen molar-refractivity contribution in [2.24, 2.45) is 5.92 Å². The van der Waals surface area contributed by atoms with Gasteiger partial charge in [0.2, 0.25) is 5.91 Å². The van der Waals surface area contributed by atoms with Gasteiger partial charge in [0.1, 0.15) is 5.54 Å². The molecule has 0 aromatic heterocycles. The normalized spacial score (nSPS) is 18.1. The van der Waals surface area contributed by atoms with Crippen molar-refractivity contribution in [3.63, 3.8) is 0 Å². The van der Waals surface area contributed by atoms with Crippen molar-refractivity contribution in [3.05, 3.63) is 35.4 Å². The predicted octanol–water partition coefficient (Wildman–Crippen LogP) is 2.42. The maximum atomic E-state index is 13.2. The summed E-state index contributed by atoms with van der Waals surface area (Å²) < 4.78 is 26.1. The number of benzene rings is 1. The zero-order chi connectivity index (χ0) is 16.3. The first-order valence-corrected chi connectivity index (χ1v) is 7.26. The molecule has 1 fully saturated rings. The molecule has 0 saturated heterocycles. The third-order valence-electron chi connectivity index (χ3n) is 4.04. The van der Waals surface area contributed by atoms with E-state index in [4.69, 9.17) is 0 Å². The smallest absolute Gasteiger partial charge is 0.235 e. The second-order valence-electron chi connectivity index (χ2n) is 5.91. The standard InChI is InChI=1S/C16H19F2N3O/c1-10(11-3-6-13(17)14(18)7-11)20-8-15(22)21-16(2,9-19)12-4-5-12/h3,6-7,10,12,20H,4-5,8H2,1-2H3,(H,21,22)/t10-,16+/m1/s1. The Labute approximate surface area is 128 Å². The van der Waals surface area contributed by atoms with Crippen LogP contribution in [0.5, 0.6) is 0 Å². The first-order chi connectivity index (χ1) is 10.4. The van der Waals surface area contributed by atoms with Crippen molar-refractivity contribution in [1.29, 1.82) is 5.26 Å². The van der Waals surface area contributed by atoms with Crippen molar-refractivity contribution < 1.29 is 13.6 Å². The minimum absolute atomic E-state index is 0.00412. The minimum Gasteiger partial charge on any atom is -0.337 e. The van der Waals surface area contributed by atoms with Gasteiger partial charge < -0.3 is 10.6 Å². The molecule has 1 amide bonds. The van der Waals surface area contributed by atoms with Crippen LogP contribution in [0.15, 0.2) is 18.2 Å². The van der Waals surface area contributed by atoms with Crippen molar-refractivity contribution in [3.8, 4) is 6.07 Å². The third-order valence-corrected chi connectivity index (χ3v) is 4.04. The zero-order valence-electron chi connectivity index (χ0n) is 12.6. The van der Waals surface area contributed by atoms with Crippen LogP contribution in [-0.2, 0) is 4.79 Å². The van der Waals surface area contributed by atoms with E-state index in [-0.39, 0.29) is 24.4 Å². The Morgan fingerprint density at radius 3 is 2.68 bits per heavy atom. The van der Waals surface area contributed by atoms with Crippen LogP contribution in [-0.4, -0.2) is 18.0 Å². The summed E-state index contributed by atoms with van der Waals surface area (Å²) in [5.74, 6) is -1.89. The molecule has 22 heavy (non-hydrogen) atoms. The molecule has 0 aliphatic heterocycles. The van der Waals surface area contributed by atoms with Gasteiger partial charge in [-0.3, -0.25) is 4.79 Å². The van der Waals surface area contributed by atoms with Crippen LogP contribution in [0, 0.1) is 28.9 Å². The Balaban J connectivity index is 1.87. The maximum absolute atomic E-state index is 13.2. The summed E-state index contributed by atoms with van der Waals surface area (Å²) >= 11 is 0. The fourth-order valence-electron chi connectivity index (χ4n) is 2.36. The van der Waals surface area contributed by atoms with Gasteiger partial charge in [0.15, 0.2) is 11.6 Å². The second kappa shape index (κ2) is 6.41. The molecule has 0 spiro atoms. The molecule has 1 aromatic rings. The summed E-state index contributed by atoms with van der Waals surface area (Å²) in [5.41, 5.74) is -0.277. The van der Waals surface area contributed by atoms with E-state index in [1.807, 2.05) is 0 Å². The fourth-order valence-corrected chi connectivity index (χ4v) is 2.36. The molecule has 0 heterocycles. The first kappa shape index (κ1) is 16.4. The largest absolute Gasteiger partial charge is 0.337 e. The van der Waals surface area contributed by atoms with Gasteiger partial charge in [0, 0.05) is 6.04 Å². The Bertz CT molecular complexity index is 610. The number of nitriles is 1. The van der Waals surface area contributed by atoms with Gasteiger partial charge in [-0.15, -0.1) is 0 Å². The van der Waals surface area contributed by atoms with Crippen molar-refractivity contribution in [2.45, 2.75) is 38.3 Å². The average molecular weight is 307 g/mol. The van der Waals surface area contributed by atoms with Crippen LogP contribution in [0.2, 0.25) is 0 Å². The number of rotatable bonds is 6. The Morgan fingerprint density at radius 1 is 1.45 bits per heavy atom. The molecule has 6 heteroatoms. The van der Waals surface area contributed by atoms with Crippen LogP contribution in [0.1, 0.15) is 38.3 Å². The summed E-state index contributed by atoms with van der Waals surface area (Å²) in [5, 5.41) is 14.9. The quantitative estimate of drug-likeness (QED) is 0.848. The third kappa shape index (κ3) is 3.80. The van der Waals surface area contributed by atoms with E-state index in [2.05, 4.69) is 16.7 Å². The molecular weight excluding hydrogens is 288 g/mol. The molecule has 4 nitrogen and oxygen atoms in total. The topological polar surface area (TPSA) is 64.9 Å². The lowest BCUT2D eigenvalue weighted by Gasteiger charge is -2.23. The van der Waals surface area contributed by atoms with E-state index < -0.39 is 17.2 Å². The molecule has 2 atom stereocenters. The van der Waals surface area contributed by atoms with Crippen LogP contribution >= 0.6 is 0 Å². The number of amides is 1. The molecule has 0 bridgehead atoms. The van der Waals surface area contributed by atoms with Gasteiger partial charge in [-0.2, -0.15) is 5.26 Å². The molecule has 0 radical (unpaired) electrons. The molecule has 2 N–H and O–H groups in total. The van der Waals surface area contributed by atoms with Gasteiger partial charge >= 0.3 is 0 Å². The summed E-state index contributed by atoms with van der Waals surface area (Å²) in [4.78, 5) is 11.9. The van der Waals surface area contributed by atoms with Crippen LogP contribution in [0.3, 0.4) is 0 Å². The summed E-state index contributed by atoms with van der Waals surface area (Å²) in [6, 6.07) is 5.48. The Kier molecular flexibility index (Phi) is 4.77. The highest BCUT2D eigenvalue weighted by atomic mass is 19.2. The van der Waals surface area contributed by atoms with Gasteiger partial charge in [-0.05, 0) is 50.3 Å². The monoisotopic (exact) mass is 307 g/mol. The van der Waals surface area contributed by atoms with Crippen molar-refractivity contribution in [1.82, 2.24) is 10.6 Å².